The number of carbonyl (C=O) groups excluding carboxylic acids is 1. The Morgan fingerprint density at radius 3 is 2.44 bits per heavy atom. The maximum absolute atomic E-state index is 12.3. The normalized spacial score (nSPS) is 10.7. The molecule has 5 heteroatoms. The van der Waals surface area contributed by atoms with Gasteiger partial charge in [-0.3, -0.25) is 4.79 Å². The standard InChI is InChI=1S/C22H23NO4/c1-14-8-15(2)10-19(9-14)26-13-22(25)23-20-11-17(5-4-16(20)3)21-7-6-18(12-24)27-21/h4-11,24H,12-13H2,1-3H3,(H,23,25). The Balaban J connectivity index is 1.68. The van der Waals surface area contributed by atoms with Gasteiger partial charge in [-0.2, -0.15) is 0 Å². The van der Waals surface area contributed by atoms with Gasteiger partial charge in [0.15, 0.2) is 6.61 Å². The van der Waals surface area contributed by atoms with Gasteiger partial charge in [-0.15, -0.1) is 0 Å². The fourth-order valence-corrected chi connectivity index (χ4v) is 2.88. The van der Waals surface area contributed by atoms with Gasteiger partial charge >= 0.3 is 0 Å². The number of benzene rings is 2. The van der Waals surface area contributed by atoms with Crippen LogP contribution in [0.4, 0.5) is 5.69 Å². The molecule has 3 rings (SSSR count). The van der Waals surface area contributed by atoms with Crippen LogP contribution in [0.25, 0.3) is 11.3 Å². The Morgan fingerprint density at radius 2 is 1.78 bits per heavy atom. The predicted molar refractivity (Wildman–Crippen MR) is 105 cm³/mol. The third-order valence-electron chi connectivity index (χ3n) is 4.18. The molecule has 0 aliphatic heterocycles. The molecule has 1 amide bonds. The van der Waals surface area contributed by atoms with Crippen molar-refractivity contribution in [3.05, 3.63) is 71.0 Å². The minimum absolute atomic E-state index is 0.0675. The van der Waals surface area contributed by atoms with E-state index in [-0.39, 0.29) is 19.1 Å². The summed E-state index contributed by atoms with van der Waals surface area (Å²) in [6.07, 6.45) is 0. The van der Waals surface area contributed by atoms with Gasteiger partial charge in [-0.25, -0.2) is 0 Å². The van der Waals surface area contributed by atoms with Crippen LogP contribution in [0.5, 0.6) is 5.75 Å². The third kappa shape index (κ3) is 4.77. The van der Waals surface area contributed by atoms with Crippen LogP contribution >= 0.6 is 0 Å². The Morgan fingerprint density at radius 1 is 1.04 bits per heavy atom. The second kappa shape index (κ2) is 8.10. The van der Waals surface area contributed by atoms with Gasteiger partial charge in [0.25, 0.3) is 5.91 Å². The topological polar surface area (TPSA) is 71.7 Å². The number of aliphatic hydroxyl groups is 1. The van der Waals surface area contributed by atoms with E-state index in [0.717, 1.165) is 22.3 Å². The maximum atomic E-state index is 12.3. The Kier molecular flexibility index (Phi) is 5.62. The fourth-order valence-electron chi connectivity index (χ4n) is 2.88. The number of nitrogens with one attached hydrogen (secondary N) is 1. The highest BCUT2D eigenvalue weighted by molar-refractivity contribution is 5.93. The highest BCUT2D eigenvalue weighted by atomic mass is 16.5. The van der Waals surface area contributed by atoms with Crippen LogP contribution in [0, 0.1) is 20.8 Å². The lowest BCUT2D eigenvalue weighted by molar-refractivity contribution is -0.118. The van der Waals surface area contributed by atoms with Crippen molar-refractivity contribution < 1.29 is 19.1 Å². The molecule has 1 aromatic heterocycles. The summed E-state index contributed by atoms with van der Waals surface area (Å²) in [5.41, 5.74) is 4.64. The van der Waals surface area contributed by atoms with Gasteiger partial charge in [-0.1, -0.05) is 18.2 Å². The summed E-state index contributed by atoms with van der Waals surface area (Å²) in [7, 11) is 0. The van der Waals surface area contributed by atoms with E-state index in [1.54, 1.807) is 12.1 Å². The zero-order valence-corrected chi connectivity index (χ0v) is 15.7. The summed E-state index contributed by atoms with van der Waals surface area (Å²) in [4.78, 5) is 12.3. The van der Waals surface area contributed by atoms with E-state index in [2.05, 4.69) is 11.4 Å². The molecule has 0 saturated heterocycles. The van der Waals surface area contributed by atoms with E-state index in [1.807, 2.05) is 51.1 Å². The maximum Gasteiger partial charge on any atom is 0.262 e. The molecule has 0 aliphatic carbocycles. The van der Waals surface area contributed by atoms with Gasteiger partial charge in [0.1, 0.15) is 23.9 Å². The third-order valence-corrected chi connectivity index (χ3v) is 4.18. The number of amides is 1. The molecule has 2 N–H and O–H groups in total. The van der Waals surface area contributed by atoms with E-state index in [9.17, 15) is 4.79 Å². The van der Waals surface area contributed by atoms with Crippen molar-refractivity contribution in [2.24, 2.45) is 0 Å². The molecule has 1 heterocycles. The Bertz CT molecular complexity index is 938. The zero-order valence-electron chi connectivity index (χ0n) is 15.7. The summed E-state index contributed by atoms with van der Waals surface area (Å²) in [5, 5.41) is 12.0. The molecule has 0 aliphatic rings. The van der Waals surface area contributed by atoms with Crippen LogP contribution in [0.3, 0.4) is 0 Å². The monoisotopic (exact) mass is 365 g/mol. The molecule has 2 aromatic carbocycles. The highest BCUT2D eigenvalue weighted by Gasteiger charge is 2.10. The molecule has 140 valence electrons. The molecule has 0 bridgehead atoms. The van der Waals surface area contributed by atoms with Gasteiger partial charge in [-0.05, 0) is 67.8 Å². The second-order valence-corrected chi connectivity index (χ2v) is 6.61. The van der Waals surface area contributed by atoms with Crippen molar-refractivity contribution in [3.8, 4) is 17.1 Å². The lowest BCUT2D eigenvalue weighted by atomic mass is 10.1. The van der Waals surface area contributed by atoms with Gasteiger partial charge in [0, 0.05) is 11.3 Å². The molecule has 0 radical (unpaired) electrons. The van der Waals surface area contributed by atoms with Crippen LogP contribution in [0.15, 0.2) is 52.9 Å². The first kappa shape index (κ1) is 18.7. The van der Waals surface area contributed by atoms with Crippen molar-refractivity contribution in [2.75, 3.05) is 11.9 Å². The lowest BCUT2D eigenvalue weighted by Gasteiger charge is -2.11. The highest BCUT2D eigenvalue weighted by Crippen LogP contribution is 2.27. The molecule has 5 nitrogen and oxygen atoms in total. The van der Waals surface area contributed by atoms with Gasteiger partial charge in [0.2, 0.25) is 0 Å². The Hall–Kier alpha value is -3.05. The number of aliphatic hydroxyl groups excluding tert-OH is 1. The first-order valence-corrected chi connectivity index (χ1v) is 8.76. The first-order valence-electron chi connectivity index (χ1n) is 8.76. The van der Waals surface area contributed by atoms with Crippen molar-refractivity contribution in [3.63, 3.8) is 0 Å². The summed E-state index contributed by atoms with van der Waals surface area (Å²) in [6, 6.07) is 15.1. The summed E-state index contributed by atoms with van der Waals surface area (Å²) in [5.74, 6) is 1.59. The number of hydrogen-bond acceptors (Lipinski definition) is 4. The number of rotatable bonds is 6. The van der Waals surface area contributed by atoms with E-state index < -0.39 is 0 Å². The van der Waals surface area contributed by atoms with Crippen LogP contribution < -0.4 is 10.1 Å². The number of hydrogen-bond donors (Lipinski definition) is 2. The largest absolute Gasteiger partial charge is 0.484 e. The van der Waals surface area contributed by atoms with Gasteiger partial charge in [0.05, 0.1) is 0 Å². The van der Waals surface area contributed by atoms with Crippen LogP contribution in [-0.2, 0) is 11.4 Å². The number of ether oxygens (including phenoxy) is 1. The number of anilines is 1. The molecule has 0 saturated carbocycles. The molecule has 0 spiro atoms. The number of aryl methyl sites for hydroxylation is 3. The van der Waals surface area contributed by atoms with E-state index in [0.29, 0.717) is 23.0 Å². The van der Waals surface area contributed by atoms with Crippen LogP contribution in [-0.4, -0.2) is 17.6 Å². The summed E-state index contributed by atoms with van der Waals surface area (Å²) in [6.45, 7) is 5.69. The van der Waals surface area contributed by atoms with E-state index >= 15 is 0 Å². The number of carbonyl (C=O) groups is 1. The van der Waals surface area contributed by atoms with E-state index in [4.69, 9.17) is 14.3 Å². The molecule has 27 heavy (non-hydrogen) atoms. The molecule has 0 atom stereocenters. The first-order chi connectivity index (χ1) is 12.9. The average Bonchev–Trinajstić information content (AvgIpc) is 3.10. The van der Waals surface area contributed by atoms with E-state index in [1.165, 1.54) is 0 Å². The van der Waals surface area contributed by atoms with Crippen molar-refractivity contribution in [1.82, 2.24) is 0 Å². The predicted octanol–water partition coefficient (Wildman–Crippen LogP) is 4.38. The average molecular weight is 365 g/mol. The molecule has 0 fully saturated rings. The van der Waals surface area contributed by atoms with Crippen molar-refractivity contribution in [2.45, 2.75) is 27.4 Å². The van der Waals surface area contributed by atoms with Crippen LogP contribution in [0.1, 0.15) is 22.5 Å². The van der Waals surface area contributed by atoms with Crippen molar-refractivity contribution in [1.29, 1.82) is 0 Å². The minimum Gasteiger partial charge on any atom is -0.484 e. The summed E-state index contributed by atoms with van der Waals surface area (Å²) >= 11 is 0. The van der Waals surface area contributed by atoms with Crippen LogP contribution in [0.2, 0.25) is 0 Å². The Labute approximate surface area is 158 Å². The number of furan rings is 1. The summed E-state index contributed by atoms with van der Waals surface area (Å²) < 4.78 is 11.2. The molecular formula is C22H23NO4. The van der Waals surface area contributed by atoms with Gasteiger partial charge < -0.3 is 19.6 Å². The SMILES string of the molecule is Cc1cc(C)cc(OCC(=O)Nc2cc(-c3ccc(CO)o3)ccc2C)c1. The van der Waals surface area contributed by atoms with Crippen molar-refractivity contribution >= 4 is 11.6 Å². The minimum atomic E-state index is -0.232. The molecule has 0 unspecified atom stereocenters. The smallest absolute Gasteiger partial charge is 0.262 e. The zero-order chi connectivity index (χ0) is 19.4. The quantitative estimate of drug-likeness (QED) is 0.680. The molecular weight excluding hydrogens is 342 g/mol. The second-order valence-electron chi connectivity index (χ2n) is 6.61. The lowest BCUT2D eigenvalue weighted by Crippen LogP contribution is -2.20. The fraction of sp³-hybridized carbons (Fsp3) is 0.227. The molecule has 3 aromatic rings.